The van der Waals surface area contributed by atoms with Gasteiger partial charge in [-0.3, -0.25) is 4.48 Å². The van der Waals surface area contributed by atoms with Gasteiger partial charge >= 0.3 is 0 Å². The minimum absolute atomic E-state index is 1.09. The fraction of sp³-hybridized carbons (Fsp3) is 0.778. The molecule has 0 unspecified atom stereocenters. The van der Waals surface area contributed by atoms with Crippen LogP contribution in [0.2, 0.25) is 0 Å². The molecule has 0 aliphatic carbocycles. The Labute approximate surface area is 107 Å². The maximum absolute atomic E-state index is 3.61. The van der Waals surface area contributed by atoms with Crippen molar-refractivity contribution in [2.75, 3.05) is 46.6 Å². The average molecular weight is 339 g/mol. The first-order valence-electron chi connectivity index (χ1n) is 5.16. The van der Waals surface area contributed by atoms with Gasteiger partial charge in [0.15, 0.2) is 0 Å². The van der Waals surface area contributed by atoms with Crippen LogP contribution in [-0.4, -0.2) is 65.7 Å². The highest BCUT2D eigenvalue weighted by atomic mass is 79.9. The SMILES string of the molecule is Br/C=C(\Br)C[N+]12CN3CN(CN(C3)C1)C2. The Bertz CT molecular complexity index is 269. The van der Waals surface area contributed by atoms with Crippen molar-refractivity contribution in [1.82, 2.24) is 14.7 Å². The third kappa shape index (κ3) is 1.92. The van der Waals surface area contributed by atoms with Crippen molar-refractivity contribution in [3.05, 3.63) is 9.47 Å². The monoisotopic (exact) mass is 337 g/mol. The summed E-state index contributed by atoms with van der Waals surface area (Å²) in [4.78, 5) is 9.59. The Balaban J connectivity index is 1.81. The topological polar surface area (TPSA) is 9.72 Å². The van der Waals surface area contributed by atoms with Gasteiger partial charge in [-0.05, 0) is 20.9 Å². The van der Waals surface area contributed by atoms with E-state index < -0.39 is 0 Å². The second-order valence-corrected chi connectivity index (χ2v) is 6.39. The van der Waals surface area contributed by atoms with Crippen molar-refractivity contribution < 1.29 is 4.48 Å². The molecule has 0 spiro atoms. The summed E-state index contributed by atoms with van der Waals surface area (Å²) >= 11 is 7.00. The molecule has 6 heteroatoms. The lowest BCUT2D eigenvalue weighted by atomic mass is 10.3. The van der Waals surface area contributed by atoms with E-state index in [1.165, 1.54) is 24.5 Å². The standard InChI is InChI=1S/C9H15Br2N4/c10-1-9(11)2-15-6-12-3-13(7-15)5-14(4-12)8-15/h1H,2-8H2/q+1/b9-1-. The van der Waals surface area contributed by atoms with E-state index in [2.05, 4.69) is 46.6 Å². The summed E-state index contributed by atoms with van der Waals surface area (Å²) in [7, 11) is 0. The normalized spacial score (nSPS) is 48.7. The molecule has 0 aromatic heterocycles. The largest absolute Gasteiger partial charge is 0.282 e. The predicted molar refractivity (Wildman–Crippen MR) is 65.8 cm³/mol. The van der Waals surface area contributed by atoms with Crippen LogP contribution in [0.5, 0.6) is 0 Å². The van der Waals surface area contributed by atoms with Gasteiger partial charge in [0.1, 0.15) is 26.6 Å². The lowest BCUT2D eigenvalue weighted by molar-refractivity contribution is -0.975. The van der Waals surface area contributed by atoms with Crippen LogP contribution in [0.3, 0.4) is 0 Å². The number of nitrogens with zero attached hydrogens (tertiary/aromatic N) is 4. The van der Waals surface area contributed by atoms with Crippen LogP contribution in [0.4, 0.5) is 0 Å². The summed E-state index contributed by atoms with van der Waals surface area (Å²) in [5.74, 6) is 0. The maximum atomic E-state index is 3.61. The average Bonchev–Trinajstić information content (AvgIpc) is 2.14. The van der Waals surface area contributed by atoms with E-state index in [0.29, 0.717) is 0 Å². The zero-order chi connectivity index (χ0) is 10.5. The van der Waals surface area contributed by atoms with E-state index in [0.717, 1.165) is 31.0 Å². The molecule has 0 aromatic carbocycles. The lowest BCUT2D eigenvalue weighted by Crippen LogP contribution is -2.79. The number of hydrogen-bond donors (Lipinski definition) is 0. The van der Waals surface area contributed by atoms with E-state index in [1.807, 2.05) is 4.99 Å². The molecule has 4 aliphatic rings. The highest BCUT2D eigenvalue weighted by Crippen LogP contribution is 2.30. The second kappa shape index (κ2) is 3.78. The van der Waals surface area contributed by atoms with Crippen LogP contribution in [0.15, 0.2) is 9.47 Å². The van der Waals surface area contributed by atoms with Crippen LogP contribution in [0.25, 0.3) is 0 Å². The van der Waals surface area contributed by atoms with E-state index >= 15 is 0 Å². The van der Waals surface area contributed by atoms with Gasteiger partial charge in [-0.1, -0.05) is 15.9 Å². The van der Waals surface area contributed by atoms with Gasteiger partial charge in [-0.2, -0.15) is 0 Å². The molecule has 4 fully saturated rings. The molecule has 4 rings (SSSR count). The van der Waals surface area contributed by atoms with Gasteiger partial charge in [-0.25, -0.2) is 14.7 Å². The number of rotatable bonds is 2. The Morgan fingerprint density at radius 2 is 1.53 bits per heavy atom. The fourth-order valence-corrected chi connectivity index (χ4v) is 3.84. The van der Waals surface area contributed by atoms with Gasteiger partial charge < -0.3 is 0 Å². The summed E-state index contributed by atoms with van der Waals surface area (Å²) in [6.07, 6.45) is 0. The molecule has 0 atom stereocenters. The molecule has 0 N–H and O–H groups in total. The van der Waals surface area contributed by atoms with Crippen LogP contribution >= 0.6 is 31.9 Å². The molecule has 15 heavy (non-hydrogen) atoms. The maximum Gasteiger partial charge on any atom is 0.139 e. The number of halogens is 2. The summed E-state index contributed by atoms with van der Waals surface area (Å²) in [6, 6.07) is 0. The molecule has 4 aliphatic heterocycles. The molecular formula is C9H15Br2N4+. The van der Waals surface area contributed by atoms with Gasteiger partial charge in [0.05, 0.1) is 24.5 Å². The highest BCUT2D eigenvalue weighted by molar-refractivity contribution is 9.14. The molecule has 0 saturated carbocycles. The van der Waals surface area contributed by atoms with Crippen molar-refractivity contribution in [3.8, 4) is 0 Å². The summed E-state index contributed by atoms with van der Waals surface area (Å²) in [5, 5.41) is 0. The Morgan fingerprint density at radius 1 is 1.07 bits per heavy atom. The van der Waals surface area contributed by atoms with Crippen molar-refractivity contribution in [1.29, 1.82) is 0 Å². The van der Waals surface area contributed by atoms with Crippen LogP contribution in [0, 0.1) is 0 Å². The molecular weight excluding hydrogens is 324 g/mol. The van der Waals surface area contributed by atoms with Crippen LogP contribution in [-0.2, 0) is 0 Å². The van der Waals surface area contributed by atoms with Gasteiger partial charge in [-0.15, -0.1) is 0 Å². The smallest absolute Gasteiger partial charge is 0.139 e. The van der Waals surface area contributed by atoms with Crippen molar-refractivity contribution in [2.24, 2.45) is 0 Å². The summed E-state index contributed by atoms with van der Waals surface area (Å²) in [5.41, 5.74) is 0. The first-order valence-corrected chi connectivity index (χ1v) is 6.87. The van der Waals surface area contributed by atoms with Gasteiger partial charge in [0, 0.05) is 0 Å². The first kappa shape index (κ1) is 10.7. The first-order chi connectivity index (χ1) is 7.19. The minimum atomic E-state index is 1.09. The van der Waals surface area contributed by atoms with Gasteiger partial charge in [0.2, 0.25) is 0 Å². The molecule has 4 nitrogen and oxygen atoms in total. The second-order valence-electron chi connectivity index (χ2n) is 4.92. The Morgan fingerprint density at radius 3 is 1.93 bits per heavy atom. The number of quaternary nitrogens is 1. The van der Waals surface area contributed by atoms with Crippen molar-refractivity contribution in [2.45, 2.75) is 0 Å². The van der Waals surface area contributed by atoms with E-state index in [9.17, 15) is 0 Å². The minimum Gasteiger partial charge on any atom is -0.282 e. The van der Waals surface area contributed by atoms with Crippen LogP contribution in [0.1, 0.15) is 0 Å². The van der Waals surface area contributed by atoms with Crippen molar-refractivity contribution >= 4 is 31.9 Å². The third-order valence-corrected chi connectivity index (χ3v) is 4.95. The Kier molecular flexibility index (Phi) is 2.69. The van der Waals surface area contributed by atoms with E-state index in [4.69, 9.17) is 0 Å². The predicted octanol–water partition coefficient (Wildman–Crippen LogP) is 1.13. The third-order valence-electron chi connectivity index (χ3n) is 3.30. The molecule has 84 valence electrons. The molecule has 0 aromatic rings. The highest BCUT2D eigenvalue weighted by Gasteiger charge is 2.48. The fourth-order valence-electron chi connectivity index (χ4n) is 3.16. The molecule has 0 radical (unpaired) electrons. The quantitative estimate of drug-likeness (QED) is 0.699. The van der Waals surface area contributed by atoms with E-state index in [1.54, 1.807) is 0 Å². The summed E-state index contributed by atoms with van der Waals surface area (Å²) in [6.45, 7) is 8.16. The zero-order valence-electron chi connectivity index (χ0n) is 8.57. The van der Waals surface area contributed by atoms with E-state index in [-0.39, 0.29) is 0 Å². The lowest BCUT2D eigenvalue weighted by Gasteiger charge is -2.60. The number of hydrogen-bond acceptors (Lipinski definition) is 3. The van der Waals surface area contributed by atoms with Crippen molar-refractivity contribution in [3.63, 3.8) is 0 Å². The molecule has 4 saturated heterocycles. The van der Waals surface area contributed by atoms with Gasteiger partial charge in [0.25, 0.3) is 0 Å². The zero-order valence-corrected chi connectivity index (χ0v) is 11.7. The molecule has 0 amide bonds. The molecule has 4 heterocycles. The summed E-state index contributed by atoms with van der Waals surface area (Å²) < 4.78 is 2.41. The van der Waals surface area contributed by atoms with Crippen LogP contribution < -0.4 is 0 Å². The Hall–Kier alpha value is 0.540. The molecule has 4 bridgehead atoms.